The Bertz CT molecular complexity index is 258. The topological polar surface area (TPSA) is 87.7 Å². The van der Waals surface area contributed by atoms with E-state index in [1.54, 1.807) is 7.11 Å². The minimum absolute atomic E-state index is 0.00113. The monoisotopic (exact) mass is 260 g/mol. The van der Waals surface area contributed by atoms with Crippen molar-refractivity contribution in [2.75, 3.05) is 13.7 Å². The Morgan fingerprint density at radius 2 is 2.00 bits per heavy atom. The first-order valence-corrected chi connectivity index (χ1v) is 6.27. The molecule has 18 heavy (non-hydrogen) atoms. The van der Waals surface area contributed by atoms with Crippen LogP contribution >= 0.6 is 0 Å². The van der Waals surface area contributed by atoms with Crippen LogP contribution in [0.5, 0.6) is 0 Å². The van der Waals surface area contributed by atoms with E-state index in [-0.39, 0.29) is 24.5 Å². The van der Waals surface area contributed by atoms with Gasteiger partial charge in [0.1, 0.15) is 0 Å². The third-order valence-corrected chi connectivity index (χ3v) is 2.60. The molecule has 0 heterocycles. The first kappa shape index (κ1) is 16.7. The number of amides is 2. The van der Waals surface area contributed by atoms with Crippen LogP contribution in [0.15, 0.2) is 0 Å². The second-order valence-corrected chi connectivity index (χ2v) is 4.37. The first-order chi connectivity index (χ1) is 8.49. The van der Waals surface area contributed by atoms with Crippen molar-refractivity contribution >= 4 is 12.0 Å². The van der Waals surface area contributed by atoms with Gasteiger partial charge in [0.2, 0.25) is 0 Å². The molecule has 0 saturated carbocycles. The van der Waals surface area contributed by atoms with Gasteiger partial charge in [0, 0.05) is 19.6 Å². The van der Waals surface area contributed by atoms with Crippen LogP contribution in [0, 0.1) is 0 Å². The molecule has 2 unspecified atom stereocenters. The van der Waals surface area contributed by atoms with Crippen LogP contribution in [0.2, 0.25) is 0 Å². The molecule has 2 amide bonds. The van der Waals surface area contributed by atoms with Gasteiger partial charge in [0.15, 0.2) is 0 Å². The van der Waals surface area contributed by atoms with Gasteiger partial charge in [-0.05, 0) is 26.2 Å². The average molecular weight is 260 g/mol. The Hall–Kier alpha value is -1.30. The van der Waals surface area contributed by atoms with Crippen LogP contribution in [0.1, 0.15) is 39.5 Å². The number of hydrogen-bond donors (Lipinski definition) is 3. The Balaban J connectivity index is 3.81. The summed E-state index contributed by atoms with van der Waals surface area (Å²) in [6.45, 7) is 4.32. The SMILES string of the molecule is CCC(COC)NC(=O)NC(C)CCCC(=O)O. The van der Waals surface area contributed by atoms with Crippen molar-refractivity contribution in [3.05, 3.63) is 0 Å². The summed E-state index contributed by atoms with van der Waals surface area (Å²) in [5, 5.41) is 14.1. The summed E-state index contributed by atoms with van der Waals surface area (Å²) in [6, 6.07) is -0.271. The number of nitrogens with one attached hydrogen (secondary N) is 2. The van der Waals surface area contributed by atoms with E-state index in [9.17, 15) is 9.59 Å². The lowest BCUT2D eigenvalue weighted by Crippen LogP contribution is -2.46. The lowest BCUT2D eigenvalue weighted by atomic mass is 10.1. The number of carbonyl (C=O) groups excluding carboxylic acids is 1. The molecule has 3 N–H and O–H groups in total. The predicted octanol–water partition coefficient (Wildman–Crippen LogP) is 1.35. The van der Waals surface area contributed by atoms with Gasteiger partial charge in [-0.3, -0.25) is 4.79 Å². The van der Waals surface area contributed by atoms with E-state index in [0.717, 1.165) is 6.42 Å². The zero-order chi connectivity index (χ0) is 14.0. The summed E-state index contributed by atoms with van der Waals surface area (Å²) in [7, 11) is 1.59. The van der Waals surface area contributed by atoms with Gasteiger partial charge in [-0.2, -0.15) is 0 Å². The normalized spacial score (nSPS) is 13.7. The molecule has 0 saturated heterocycles. The van der Waals surface area contributed by atoms with Crippen molar-refractivity contribution in [1.82, 2.24) is 10.6 Å². The number of ether oxygens (including phenoxy) is 1. The molecular weight excluding hydrogens is 236 g/mol. The molecule has 0 aliphatic carbocycles. The van der Waals surface area contributed by atoms with E-state index >= 15 is 0 Å². The predicted molar refractivity (Wildman–Crippen MR) is 68.6 cm³/mol. The van der Waals surface area contributed by atoms with Crippen LogP contribution in [0.4, 0.5) is 4.79 Å². The zero-order valence-corrected chi connectivity index (χ0v) is 11.4. The lowest BCUT2D eigenvalue weighted by molar-refractivity contribution is -0.137. The maximum Gasteiger partial charge on any atom is 0.315 e. The van der Waals surface area contributed by atoms with E-state index in [1.165, 1.54) is 0 Å². The number of hydrogen-bond acceptors (Lipinski definition) is 3. The summed E-state index contributed by atoms with van der Waals surface area (Å²) in [6.07, 6.45) is 2.15. The Labute approximate surface area is 108 Å². The van der Waals surface area contributed by atoms with Crippen molar-refractivity contribution in [1.29, 1.82) is 0 Å². The van der Waals surface area contributed by atoms with Crippen molar-refractivity contribution in [3.63, 3.8) is 0 Å². The maximum atomic E-state index is 11.6. The van der Waals surface area contributed by atoms with Crippen LogP contribution < -0.4 is 10.6 Å². The van der Waals surface area contributed by atoms with Gasteiger partial charge in [-0.15, -0.1) is 0 Å². The Kier molecular flexibility index (Phi) is 9.00. The first-order valence-electron chi connectivity index (χ1n) is 6.27. The van der Waals surface area contributed by atoms with Gasteiger partial charge in [-0.1, -0.05) is 6.92 Å². The van der Waals surface area contributed by atoms with Crippen LogP contribution in [0.25, 0.3) is 0 Å². The number of carboxylic acid groups (broad SMARTS) is 1. The third-order valence-electron chi connectivity index (χ3n) is 2.60. The fraction of sp³-hybridized carbons (Fsp3) is 0.833. The standard InChI is InChI=1S/C12H24N2O4/c1-4-10(8-18-3)14-12(17)13-9(2)6-5-7-11(15)16/h9-10H,4-8H2,1-3H3,(H,15,16)(H2,13,14,17). The number of methoxy groups -OCH3 is 1. The Morgan fingerprint density at radius 3 is 2.50 bits per heavy atom. The van der Waals surface area contributed by atoms with E-state index < -0.39 is 5.97 Å². The molecule has 0 radical (unpaired) electrons. The second kappa shape index (κ2) is 9.70. The van der Waals surface area contributed by atoms with Gasteiger partial charge < -0.3 is 20.5 Å². The van der Waals surface area contributed by atoms with Gasteiger partial charge >= 0.3 is 12.0 Å². The summed E-state index contributed by atoms with van der Waals surface area (Å²) in [4.78, 5) is 21.9. The zero-order valence-electron chi connectivity index (χ0n) is 11.4. The largest absolute Gasteiger partial charge is 0.481 e. The van der Waals surface area contributed by atoms with E-state index in [4.69, 9.17) is 9.84 Å². The van der Waals surface area contributed by atoms with E-state index in [0.29, 0.717) is 19.4 Å². The van der Waals surface area contributed by atoms with Gasteiger partial charge in [0.25, 0.3) is 0 Å². The number of rotatable bonds is 9. The van der Waals surface area contributed by atoms with Crippen molar-refractivity contribution in [2.24, 2.45) is 0 Å². The summed E-state index contributed by atoms with van der Waals surface area (Å²) in [5.74, 6) is -0.808. The molecule has 0 spiro atoms. The molecule has 0 fully saturated rings. The highest BCUT2D eigenvalue weighted by atomic mass is 16.5. The lowest BCUT2D eigenvalue weighted by Gasteiger charge is -2.19. The molecule has 0 aliphatic rings. The second-order valence-electron chi connectivity index (χ2n) is 4.37. The average Bonchev–Trinajstić information content (AvgIpc) is 2.27. The maximum absolute atomic E-state index is 11.6. The third kappa shape index (κ3) is 8.81. The quantitative estimate of drug-likeness (QED) is 0.584. The van der Waals surface area contributed by atoms with E-state index in [2.05, 4.69) is 10.6 Å². The van der Waals surface area contributed by atoms with Gasteiger partial charge in [0.05, 0.1) is 12.6 Å². The minimum Gasteiger partial charge on any atom is -0.481 e. The fourth-order valence-corrected chi connectivity index (χ4v) is 1.55. The molecule has 2 atom stereocenters. The highest BCUT2D eigenvalue weighted by Gasteiger charge is 2.12. The number of carboxylic acids is 1. The van der Waals surface area contributed by atoms with Crippen LogP contribution in [-0.4, -0.2) is 42.9 Å². The number of carbonyl (C=O) groups is 2. The molecule has 0 rings (SSSR count). The highest BCUT2D eigenvalue weighted by molar-refractivity contribution is 5.74. The van der Waals surface area contributed by atoms with E-state index in [1.807, 2.05) is 13.8 Å². The molecule has 0 aromatic carbocycles. The van der Waals surface area contributed by atoms with Gasteiger partial charge in [-0.25, -0.2) is 4.79 Å². The molecule has 6 nitrogen and oxygen atoms in total. The highest BCUT2D eigenvalue weighted by Crippen LogP contribution is 2.00. The van der Waals surface area contributed by atoms with Crippen LogP contribution in [-0.2, 0) is 9.53 Å². The molecule has 0 bridgehead atoms. The van der Waals surface area contributed by atoms with Crippen molar-refractivity contribution in [3.8, 4) is 0 Å². The van der Waals surface area contributed by atoms with Crippen molar-refractivity contribution < 1.29 is 19.4 Å². The van der Waals surface area contributed by atoms with Crippen molar-refractivity contribution in [2.45, 2.75) is 51.6 Å². The molecular formula is C12H24N2O4. The minimum atomic E-state index is -0.808. The Morgan fingerprint density at radius 1 is 1.33 bits per heavy atom. The number of urea groups is 1. The summed E-state index contributed by atoms with van der Waals surface area (Å²) >= 11 is 0. The molecule has 0 aromatic rings. The smallest absolute Gasteiger partial charge is 0.315 e. The molecule has 106 valence electrons. The number of aliphatic carboxylic acids is 1. The molecule has 6 heteroatoms. The summed E-state index contributed by atoms with van der Waals surface area (Å²) in [5.41, 5.74) is 0. The van der Waals surface area contributed by atoms with Crippen LogP contribution in [0.3, 0.4) is 0 Å². The molecule has 0 aliphatic heterocycles. The molecule has 0 aromatic heterocycles. The summed E-state index contributed by atoms with van der Waals surface area (Å²) < 4.78 is 4.98. The fourth-order valence-electron chi connectivity index (χ4n) is 1.55.